The Morgan fingerprint density at radius 1 is 1.00 bits per heavy atom. The van der Waals surface area contributed by atoms with Crippen LogP contribution in [0.2, 0.25) is 0 Å². The predicted octanol–water partition coefficient (Wildman–Crippen LogP) is 2.78. The van der Waals surface area contributed by atoms with Crippen LogP contribution in [0, 0.1) is 19.8 Å². The molecule has 0 saturated heterocycles. The van der Waals surface area contributed by atoms with Crippen LogP contribution in [0.3, 0.4) is 0 Å². The van der Waals surface area contributed by atoms with Gasteiger partial charge in [0, 0.05) is 13.1 Å². The number of nitrogens with one attached hydrogen (secondary N) is 2. The molecule has 0 fully saturated rings. The summed E-state index contributed by atoms with van der Waals surface area (Å²) in [6.45, 7) is 8.69. The maximum absolute atomic E-state index is 3.48. The summed E-state index contributed by atoms with van der Waals surface area (Å²) >= 11 is 0. The number of fused-ring (bicyclic) bond motifs is 1. The molecule has 0 spiro atoms. The lowest BCUT2D eigenvalue weighted by molar-refractivity contribution is 0.657. The highest BCUT2D eigenvalue weighted by atomic mass is 15.0. The first-order valence-electron chi connectivity index (χ1n) is 5.26. The highest BCUT2D eigenvalue weighted by Gasteiger charge is 2.11. The van der Waals surface area contributed by atoms with Crippen LogP contribution in [0.5, 0.6) is 0 Å². The van der Waals surface area contributed by atoms with Crippen molar-refractivity contribution in [3.05, 3.63) is 23.3 Å². The van der Waals surface area contributed by atoms with Crippen molar-refractivity contribution < 1.29 is 0 Å². The summed E-state index contributed by atoms with van der Waals surface area (Å²) in [5, 5.41) is 6.96. The summed E-state index contributed by atoms with van der Waals surface area (Å²) in [6.07, 6.45) is 0. The molecule has 0 bridgehead atoms. The molecular weight excluding hydrogens is 172 g/mol. The van der Waals surface area contributed by atoms with Gasteiger partial charge in [-0.1, -0.05) is 6.92 Å². The van der Waals surface area contributed by atoms with Crippen molar-refractivity contribution >= 4 is 11.4 Å². The molecule has 76 valence electrons. The number of anilines is 2. The van der Waals surface area contributed by atoms with E-state index < -0.39 is 0 Å². The van der Waals surface area contributed by atoms with Crippen molar-refractivity contribution in [2.45, 2.75) is 20.8 Å². The third-order valence-corrected chi connectivity index (χ3v) is 2.92. The smallest absolute Gasteiger partial charge is 0.0578 e. The van der Waals surface area contributed by atoms with Gasteiger partial charge in [-0.3, -0.25) is 0 Å². The van der Waals surface area contributed by atoms with Gasteiger partial charge < -0.3 is 10.6 Å². The van der Waals surface area contributed by atoms with Crippen LogP contribution >= 0.6 is 0 Å². The van der Waals surface area contributed by atoms with Gasteiger partial charge in [0.2, 0.25) is 0 Å². The zero-order valence-electron chi connectivity index (χ0n) is 9.15. The molecular formula is C12H18N2. The Balaban J connectivity index is 2.36. The number of benzene rings is 1. The van der Waals surface area contributed by atoms with Crippen molar-refractivity contribution in [2.24, 2.45) is 5.92 Å². The molecule has 1 aromatic rings. The van der Waals surface area contributed by atoms with Gasteiger partial charge in [-0.2, -0.15) is 0 Å². The first kappa shape index (κ1) is 9.38. The van der Waals surface area contributed by atoms with Crippen molar-refractivity contribution in [3.8, 4) is 0 Å². The van der Waals surface area contributed by atoms with Crippen LogP contribution in [0.15, 0.2) is 12.1 Å². The second-order valence-electron chi connectivity index (χ2n) is 4.35. The quantitative estimate of drug-likeness (QED) is 0.657. The van der Waals surface area contributed by atoms with E-state index in [0.717, 1.165) is 13.1 Å². The molecule has 1 aliphatic rings. The lowest BCUT2D eigenvalue weighted by Gasteiger charge is -2.11. The second kappa shape index (κ2) is 3.52. The summed E-state index contributed by atoms with van der Waals surface area (Å²) in [7, 11) is 0. The molecule has 2 nitrogen and oxygen atoms in total. The van der Waals surface area contributed by atoms with Gasteiger partial charge in [-0.05, 0) is 43.0 Å². The highest BCUT2D eigenvalue weighted by Crippen LogP contribution is 2.28. The molecule has 0 amide bonds. The van der Waals surface area contributed by atoms with E-state index in [1.807, 2.05) is 0 Å². The minimum atomic E-state index is 0.683. The van der Waals surface area contributed by atoms with E-state index in [0.29, 0.717) is 5.92 Å². The lowest BCUT2D eigenvalue weighted by atomic mass is 10.1. The lowest BCUT2D eigenvalue weighted by Crippen LogP contribution is -2.14. The fraction of sp³-hybridized carbons (Fsp3) is 0.500. The van der Waals surface area contributed by atoms with Gasteiger partial charge in [0.1, 0.15) is 0 Å². The molecule has 1 aliphatic heterocycles. The largest absolute Gasteiger partial charge is 0.383 e. The summed E-state index contributed by atoms with van der Waals surface area (Å²) in [5.74, 6) is 0.683. The summed E-state index contributed by atoms with van der Waals surface area (Å²) in [6, 6.07) is 4.46. The van der Waals surface area contributed by atoms with Crippen LogP contribution in [0.4, 0.5) is 11.4 Å². The average molecular weight is 190 g/mol. The second-order valence-corrected chi connectivity index (χ2v) is 4.35. The summed E-state index contributed by atoms with van der Waals surface area (Å²) in [4.78, 5) is 0. The number of aryl methyl sites for hydroxylation is 2. The molecule has 0 unspecified atom stereocenters. The molecule has 0 aromatic heterocycles. The van der Waals surface area contributed by atoms with Crippen LogP contribution in [0.1, 0.15) is 18.1 Å². The van der Waals surface area contributed by atoms with E-state index >= 15 is 0 Å². The Morgan fingerprint density at radius 2 is 1.43 bits per heavy atom. The molecule has 14 heavy (non-hydrogen) atoms. The molecule has 2 rings (SSSR count). The van der Waals surface area contributed by atoms with Crippen molar-refractivity contribution in [1.29, 1.82) is 0 Å². The molecule has 0 aliphatic carbocycles. The van der Waals surface area contributed by atoms with Gasteiger partial charge >= 0.3 is 0 Å². The van der Waals surface area contributed by atoms with Gasteiger partial charge in [0.25, 0.3) is 0 Å². The summed E-state index contributed by atoms with van der Waals surface area (Å²) < 4.78 is 0. The molecule has 2 heteroatoms. The van der Waals surface area contributed by atoms with Crippen molar-refractivity contribution in [3.63, 3.8) is 0 Å². The molecule has 1 aromatic carbocycles. The number of hydrogen-bond donors (Lipinski definition) is 2. The van der Waals surface area contributed by atoms with Crippen LogP contribution < -0.4 is 10.6 Å². The Kier molecular flexibility index (Phi) is 2.36. The minimum Gasteiger partial charge on any atom is -0.383 e. The molecule has 1 heterocycles. The topological polar surface area (TPSA) is 24.1 Å². The molecule has 2 N–H and O–H groups in total. The minimum absolute atomic E-state index is 0.683. The standard InChI is InChI=1S/C12H18N2/c1-8-6-13-11-4-9(2)10(3)5-12(11)14-7-8/h4-5,8,13-14H,6-7H2,1-3H3. The zero-order valence-corrected chi connectivity index (χ0v) is 9.15. The Morgan fingerprint density at radius 3 is 1.86 bits per heavy atom. The maximum Gasteiger partial charge on any atom is 0.0578 e. The fourth-order valence-electron chi connectivity index (χ4n) is 1.75. The summed E-state index contributed by atoms with van der Waals surface area (Å²) in [5.41, 5.74) is 5.20. The first-order chi connectivity index (χ1) is 6.66. The Bertz CT molecular complexity index is 311. The van der Waals surface area contributed by atoms with Crippen LogP contribution in [-0.2, 0) is 0 Å². The number of hydrogen-bond acceptors (Lipinski definition) is 2. The molecule has 0 saturated carbocycles. The SMILES string of the molecule is Cc1cc2c(cc1C)NCC(C)CN2. The van der Waals surface area contributed by atoms with E-state index in [-0.39, 0.29) is 0 Å². The van der Waals surface area contributed by atoms with E-state index in [1.54, 1.807) is 0 Å². The van der Waals surface area contributed by atoms with Gasteiger partial charge in [0.15, 0.2) is 0 Å². The van der Waals surface area contributed by atoms with E-state index in [2.05, 4.69) is 43.5 Å². The maximum atomic E-state index is 3.48. The highest BCUT2D eigenvalue weighted by molar-refractivity contribution is 5.71. The third-order valence-electron chi connectivity index (χ3n) is 2.92. The molecule has 0 atom stereocenters. The van der Waals surface area contributed by atoms with Gasteiger partial charge in [0.05, 0.1) is 11.4 Å². The zero-order chi connectivity index (χ0) is 10.1. The molecule has 0 radical (unpaired) electrons. The van der Waals surface area contributed by atoms with E-state index in [1.165, 1.54) is 22.5 Å². The number of rotatable bonds is 0. The normalized spacial score (nSPS) is 16.5. The van der Waals surface area contributed by atoms with E-state index in [9.17, 15) is 0 Å². The first-order valence-corrected chi connectivity index (χ1v) is 5.26. The van der Waals surface area contributed by atoms with Crippen LogP contribution in [0.25, 0.3) is 0 Å². The monoisotopic (exact) mass is 190 g/mol. The fourth-order valence-corrected chi connectivity index (χ4v) is 1.75. The van der Waals surface area contributed by atoms with Crippen molar-refractivity contribution in [1.82, 2.24) is 0 Å². The van der Waals surface area contributed by atoms with E-state index in [4.69, 9.17) is 0 Å². The van der Waals surface area contributed by atoms with Crippen molar-refractivity contribution in [2.75, 3.05) is 23.7 Å². The Labute approximate surface area is 85.7 Å². The van der Waals surface area contributed by atoms with Gasteiger partial charge in [-0.15, -0.1) is 0 Å². The predicted molar refractivity (Wildman–Crippen MR) is 62.1 cm³/mol. The third kappa shape index (κ3) is 1.69. The Hall–Kier alpha value is -1.18. The van der Waals surface area contributed by atoms with Crippen LogP contribution in [-0.4, -0.2) is 13.1 Å². The van der Waals surface area contributed by atoms with Gasteiger partial charge in [-0.25, -0.2) is 0 Å². The average Bonchev–Trinajstić information content (AvgIpc) is 2.31.